The lowest BCUT2D eigenvalue weighted by atomic mass is 9.91. The van der Waals surface area contributed by atoms with Gasteiger partial charge in [-0.15, -0.1) is 0 Å². The molecule has 0 aromatic rings. The number of hydrogen-bond acceptors (Lipinski definition) is 7. The molecule has 0 fully saturated rings. The van der Waals surface area contributed by atoms with Crippen molar-refractivity contribution in [3.05, 3.63) is 23.3 Å². The largest absolute Gasteiger partial charge is 0.478 e. The number of allylic oxidation sites excluding steroid dienone is 1. The zero-order valence-corrected chi connectivity index (χ0v) is 19.0. The number of hydrogen-bond donors (Lipinski definition) is 1. The van der Waals surface area contributed by atoms with Crippen LogP contribution in [0.2, 0.25) is 0 Å². The normalized spacial score (nSPS) is 21.3. The maximum Gasteiger partial charge on any atom is 0.333 e. The Morgan fingerprint density at radius 3 is 2.32 bits per heavy atom. The highest BCUT2D eigenvalue weighted by Crippen LogP contribution is 2.28. The molecule has 0 aromatic heterocycles. The molecule has 3 unspecified atom stereocenters. The monoisotopic (exact) mass is 438 g/mol. The number of aliphatic carboxylic acids is 1. The molecule has 1 aliphatic rings. The predicted octanol–water partition coefficient (Wildman–Crippen LogP) is 3.73. The van der Waals surface area contributed by atoms with Crippen LogP contribution >= 0.6 is 0 Å². The Morgan fingerprint density at radius 2 is 1.77 bits per heavy atom. The molecule has 0 aromatic carbocycles. The van der Waals surface area contributed by atoms with Gasteiger partial charge in [0.25, 0.3) is 0 Å². The van der Waals surface area contributed by atoms with E-state index >= 15 is 0 Å². The first-order valence-electron chi connectivity index (χ1n) is 10.7. The number of unbranched alkanes of at least 4 members (excludes halogenated alkanes) is 2. The third kappa shape index (κ3) is 9.36. The van der Waals surface area contributed by atoms with Crippen molar-refractivity contribution in [2.45, 2.75) is 91.5 Å². The first-order valence-corrected chi connectivity index (χ1v) is 10.7. The standard InChI is InChI=1S/C23H34O8/c1-6-15(4)23(28)31-21-18(29-16(5)24)12-17(22(26)27)13-19(21)30-20(25)11-9-7-8-10-14(2)3/h6,13-14,18-19,21H,7-12H2,1-5H3,(H,26,27). The van der Waals surface area contributed by atoms with Gasteiger partial charge in [-0.25, -0.2) is 9.59 Å². The van der Waals surface area contributed by atoms with Crippen molar-refractivity contribution in [3.63, 3.8) is 0 Å². The molecule has 0 saturated heterocycles. The molecular weight excluding hydrogens is 404 g/mol. The van der Waals surface area contributed by atoms with Crippen LogP contribution in [0, 0.1) is 5.92 Å². The van der Waals surface area contributed by atoms with Crippen molar-refractivity contribution < 1.29 is 38.5 Å². The Morgan fingerprint density at radius 1 is 1.10 bits per heavy atom. The van der Waals surface area contributed by atoms with Crippen LogP contribution in [0.1, 0.15) is 73.1 Å². The lowest BCUT2D eigenvalue weighted by molar-refractivity contribution is -0.180. The topological polar surface area (TPSA) is 116 Å². The molecule has 8 nitrogen and oxygen atoms in total. The van der Waals surface area contributed by atoms with Crippen molar-refractivity contribution >= 4 is 23.9 Å². The van der Waals surface area contributed by atoms with Gasteiger partial charge in [-0.1, -0.05) is 39.2 Å². The van der Waals surface area contributed by atoms with Crippen LogP contribution in [0.25, 0.3) is 0 Å². The molecule has 1 N–H and O–H groups in total. The van der Waals surface area contributed by atoms with Crippen LogP contribution in [0.15, 0.2) is 23.3 Å². The molecule has 1 aliphatic carbocycles. The van der Waals surface area contributed by atoms with Crippen LogP contribution in [-0.2, 0) is 33.4 Å². The Bertz CT molecular complexity index is 719. The van der Waals surface area contributed by atoms with Gasteiger partial charge in [0.05, 0.1) is 0 Å². The first-order chi connectivity index (χ1) is 14.5. The molecule has 0 heterocycles. The number of ether oxygens (including phenoxy) is 3. The van der Waals surface area contributed by atoms with E-state index in [9.17, 15) is 24.3 Å². The third-order valence-corrected chi connectivity index (χ3v) is 5.00. The van der Waals surface area contributed by atoms with Crippen LogP contribution < -0.4 is 0 Å². The average Bonchev–Trinajstić information content (AvgIpc) is 2.68. The maximum atomic E-state index is 12.4. The Kier molecular flexibility index (Phi) is 11.0. The summed E-state index contributed by atoms with van der Waals surface area (Å²) in [6.45, 7) is 8.68. The molecule has 0 bridgehead atoms. The summed E-state index contributed by atoms with van der Waals surface area (Å²) in [5, 5.41) is 9.42. The number of carbonyl (C=O) groups excluding carboxylic acids is 3. The van der Waals surface area contributed by atoms with Crippen LogP contribution in [0.3, 0.4) is 0 Å². The van der Waals surface area contributed by atoms with E-state index in [0.29, 0.717) is 17.9 Å². The number of carbonyl (C=O) groups is 4. The highest BCUT2D eigenvalue weighted by atomic mass is 16.6. The minimum Gasteiger partial charge on any atom is -0.478 e. The van der Waals surface area contributed by atoms with Gasteiger partial charge in [0.1, 0.15) is 6.10 Å². The summed E-state index contributed by atoms with van der Waals surface area (Å²) in [7, 11) is 0. The summed E-state index contributed by atoms with van der Waals surface area (Å²) in [6.07, 6.45) is 3.04. The summed E-state index contributed by atoms with van der Waals surface area (Å²) in [5.41, 5.74) is 0.251. The van der Waals surface area contributed by atoms with Crippen molar-refractivity contribution in [1.82, 2.24) is 0 Å². The molecule has 1 rings (SSSR count). The fraction of sp³-hybridized carbons (Fsp3) is 0.652. The zero-order valence-electron chi connectivity index (χ0n) is 19.0. The van der Waals surface area contributed by atoms with E-state index in [0.717, 1.165) is 19.3 Å². The molecule has 3 atom stereocenters. The van der Waals surface area contributed by atoms with E-state index in [1.54, 1.807) is 19.9 Å². The Labute approximate surface area is 183 Å². The van der Waals surface area contributed by atoms with E-state index in [-0.39, 0.29) is 18.4 Å². The number of rotatable bonds is 11. The number of carboxylic acids is 1. The van der Waals surface area contributed by atoms with E-state index in [2.05, 4.69) is 13.8 Å². The van der Waals surface area contributed by atoms with Crippen LogP contribution in [0.5, 0.6) is 0 Å². The summed E-state index contributed by atoms with van der Waals surface area (Å²) < 4.78 is 16.2. The average molecular weight is 439 g/mol. The maximum absolute atomic E-state index is 12.4. The summed E-state index contributed by atoms with van der Waals surface area (Å²) in [6, 6.07) is 0. The second-order valence-corrected chi connectivity index (χ2v) is 8.14. The molecule has 0 radical (unpaired) electrons. The smallest absolute Gasteiger partial charge is 0.333 e. The lowest BCUT2D eigenvalue weighted by Gasteiger charge is -2.34. The van der Waals surface area contributed by atoms with Crippen molar-refractivity contribution in [3.8, 4) is 0 Å². The minimum absolute atomic E-state index is 0.0731. The van der Waals surface area contributed by atoms with E-state index < -0.39 is 42.2 Å². The third-order valence-electron chi connectivity index (χ3n) is 5.00. The molecule has 0 spiro atoms. The van der Waals surface area contributed by atoms with Crippen molar-refractivity contribution in [1.29, 1.82) is 0 Å². The first kappa shape index (κ1) is 26.4. The fourth-order valence-electron chi connectivity index (χ4n) is 3.17. The second-order valence-electron chi connectivity index (χ2n) is 8.14. The van der Waals surface area contributed by atoms with Gasteiger partial charge >= 0.3 is 23.9 Å². The summed E-state index contributed by atoms with van der Waals surface area (Å²) >= 11 is 0. The second kappa shape index (κ2) is 12.9. The van der Waals surface area contributed by atoms with Gasteiger partial charge in [-0.3, -0.25) is 9.59 Å². The number of carboxylic acid groups (broad SMARTS) is 1. The van der Waals surface area contributed by atoms with Gasteiger partial charge in [-0.2, -0.15) is 0 Å². The quantitative estimate of drug-likeness (QED) is 0.224. The molecule has 0 amide bonds. The van der Waals surface area contributed by atoms with E-state index in [4.69, 9.17) is 14.2 Å². The SMILES string of the molecule is CC=C(C)C(=O)OC1C(OC(=O)CCCCCC(C)C)C=C(C(=O)O)CC1OC(C)=O. The van der Waals surface area contributed by atoms with Crippen molar-refractivity contribution in [2.24, 2.45) is 5.92 Å². The van der Waals surface area contributed by atoms with E-state index in [1.807, 2.05) is 0 Å². The highest BCUT2D eigenvalue weighted by molar-refractivity contribution is 5.89. The lowest BCUT2D eigenvalue weighted by Crippen LogP contribution is -2.48. The van der Waals surface area contributed by atoms with Gasteiger partial charge in [0.2, 0.25) is 0 Å². The van der Waals surface area contributed by atoms with Crippen LogP contribution in [-0.4, -0.2) is 47.3 Å². The van der Waals surface area contributed by atoms with Crippen LogP contribution in [0.4, 0.5) is 0 Å². The van der Waals surface area contributed by atoms with Gasteiger partial charge < -0.3 is 19.3 Å². The van der Waals surface area contributed by atoms with E-state index in [1.165, 1.54) is 13.0 Å². The van der Waals surface area contributed by atoms with Crippen molar-refractivity contribution in [2.75, 3.05) is 0 Å². The predicted molar refractivity (Wildman–Crippen MR) is 113 cm³/mol. The Balaban J connectivity index is 2.97. The molecule has 31 heavy (non-hydrogen) atoms. The number of esters is 3. The summed E-state index contributed by atoms with van der Waals surface area (Å²) in [4.78, 5) is 47.8. The van der Waals surface area contributed by atoms with Gasteiger partial charge in [0.15, 0.2) is 12.2 Å². The molecule has 0 saturated carbocycles. The highest BCUT2D eigenvalue weighted by Gasteiger charge is 2.42. The van der Waals surface area contributed by atoms with Gasteiger partial charge in [0, 0.05) is 30.9 Å². The summed E-state index contributed by atoms with van der Waals surface area (Å²) in [5.74, 6) is -2.46. The zero-order chi connectivity index (χ0) is 23.6. The molecule has 8 heteroatoms. The Hall–Kier alpha value is -2.64. The molecule has 0 aliphatic heterocycles. The van der Waals surface area contributed by atoms with Gasteiger partial charge in [-0.05, 0) is 32.3 Å². The molecule has 174 valence electrons. The minimum atomic E-state index is -1.22. The molecular formula is C23H34O8. The fourth-order valence-corrected chi connectivity index (χ4v) is 3.17.